The van der Waals surface area contributed by atoms with Crippen LogP contribution in [0.4, 0.5) is 10.1 Å². The highest BCUT2D eigenvalue weighted by atomic mass is 32.2. The SMILES string of the molecule is CCCNC(=O)C(CC)N(CCc1ccccc1)C(=O)CN(c1ccccc1F)S(=O)(=O)c1ccccc1. The van der Waals surface area contributed by atoms with Crippen LogP contribution in [0.1, 0.15) is 32.3 Å². The summed E-state index contributed by atoms with van der Waals surface area (Å²) in [6.07, 6.45) is 1.53. The fraction of sp³-hybridized carbons (Fsp3) is 0.310. The Morgan fingerprint density at radius 3 is 2.11 bits per heavy atom. The molecule has 0 aliphatic rings. The van der Waals surface area contributed by atoms with Crippen LogP contribution in [0.3, 0.4) is 0 Å². The molecule has 3 aromatic rings. The molecule has 1 unspecified atom stereocenters. The fourth-order valence-electron chi connectivity index (χ4n) is 4.15. The molecule has 0 fully saturated rings. The molecule has 202 valence electrons. The van der Waals surface area contributed by atoms with Gasteiger partial charge in [-0.25, -0.2) is 12.8 Å². The lowest BCUT2D eigenvalue weighted by Crippen LogP contribution is -2.53. The smallest absolute Gasteiger partial charge is 0.264 e. The van der Waals surface area contributed by atoms with Crippen LogP contribution in [0.2, 0.25) is 0 Å². The maximum absolute atomic E-state index is 14.9. The van der Waals surface area contributed by atoms with Crippen LogP contribution >= 0.6 is 0 Å². The number of halogens is 1. The summed E-state index contributed by atoms with van der Waals surface area (Å²) in [5.41, 5.74) is 0.730. The Hall–Kier alpha value is -3.72. The van der Waals surface area contributed by atoms with E-state index in [1.54, 1.807) is 25.1 Å². The molecular weight excluding hydrogens is 505 g/mol. The number of rotatable bonds is 13. The van der Waals surface area contributed by atoms with Gasteiger partial charge in [-0.05, 0) is 49.1 Å². The number of anilines is 1. The van der Waals surface area contributed by atoms with E-state index >= 15 is 0 Å². The zero-order chi connectivity index (χ0) is 27.5. The minimum absolute atomic E-state index is 0.0698. The predicted molar refractivity (Wildman–Crippen MR) is 147 cm³/mol. The van der Waals surface area contributed by atoms with Gasteiger partial charge in [0.15, 0.2) is 0 Å². The molecule has 0 radical (unpaired) electrons. The van der Waals surface area contributed by atoms with Gasteiger partial charge in [0, 0.05) is 13.1 Å². The number of hydrogen-bond acceptors (Lipinski definition) is 4. The van der Waals surface area contributed by atoms with Crippen molar-refractivity contribution in [2.45, 2.75) is 44.0 Å². The topological polar surface area (TPSA) is 86.8 Å². The van der Waals surface area contributed by atoms with Gasteiger partial charge in [-0.1, -0.05) is 74.5 Å². The molecule has 2 amide bonds. The van der Waals surface area contributed by atoms with Crippen LogP contribution in [-0.2, 0) is 26.0 Å². The number of benzene rings is 3. The molecular formula is C29H34FN3O4S. The second kappa shape index (κ2) is 13.7. The lowest BCUT2D eigenvalue weighted by Gasteiger charge is -2.33. The first-order valence-corrected chi connectivity index (χ1v) is 14.2. The van der Waals surface area contributed by atoms with E-state index in [2.05, 4.69) is 5.32 Å². The number of nitrogens with zero attached hydrogens (tertiary/aromatic N) is 2. The molecule has 9 heteroatoms. The third-order valence-electron chi connectivity index (χ3n) is 6.15. The Morgan fingerprint density at radius 2 is 1.50 bits per heavy atom. The van der Waals surface area contributed by atoms with Gasteiger partial charge in [-0.3, -0.25) is 13.9 Å². The van der Waals surface area contributed by atoms with Gasteiger partial charge in [0.25, 0.3) is 10.0 Å². The first kappa shape index (κ1) is 28.8. The maximum Gasteiger partial charge on any atom is 0.264 e. The summed E-state index contributed by atoms with van der Waals surface area (Å²) in [5, 5.41) is 2.84. The predicted octanol–water partition coefficient (Wildman–Crippen LogP) is 4.40. The molecule has 0 saturated carbocycles. The van der Waals surface area contributed by atoms with Crippen LogP contribution in [0.5, 0.6) is 0 Å². The van der Waals surface area contributed by atoms with Crippen LogP contribution in [-0.4, -0.2) is 50.8 Å². The molecule has 3 rings (SSSR count). The molecule has 0 aliphatic carbocycles. The van der Waals surface area contributed by atoms with Crippen LogP contribution in [0, 0.1) is 5.82 Å². The Kier molecular flexibility index (Phi) is 10.4. The van der Waals surface area contributed by atoms with Crippen molar-refractivity contribution >= 4 is 27.5 Å². The molecule has 0 saturated heterocycles. The lowest BCUT2D eigenvalue weighted by molar-refractivity contribution is -0.139. The standard InChI is InChI=1S/C29H34FN3O4S/c1-3-20-31-29(35)26(4-2)32(21-19-23-13-7-5-8-14-23)28(34)22-33(27-18-12-11-17-25(27)30)38(36,37)24-15-9-6-10-16-24/h5-18,26H,3-4,19-22H2,1-2H3,(H,31,35). The van der Waals surface area contributed by atoms with Gasteiger partial charge in [0.2, 0.25) is 11.8 Å². The molecule has 0 heterocycles. The summed E-state index contributed by atoms with van der Waals surface area (Å²) in [4.78, 5) is 28.2. The Balaban J connectivity index is 1.99. The van der Waals surface area contributed by atoms with Crippen molar-refractivity contribution in [1.29, 1.82) is 0 Å². The number of carbonyl (C=O) groups is 2. The van der Waals surface area contributed by atoms with Crippen molar-refractivity contribution in [3.05, 3.63) is 96.3 Å². The molecule has 38 heavy (non-hydrogen) atoms. The first-order chi connectivity index (χ1) is 18.3. The Labute approximate surface area is 224 Å². The number of carbonyl (C=O) groups excluding carboxylic acids is 2. The molecule has 7 nitrogen and oxygen atoms in total. The van der Waals surface area contributed by atoms with Crippen molar-refractivity contribution in [2.24, 2.45) is 0 Å². The second-order valence-electron chi connectivity index (χ2n) is 8.81. The van der Waals surface area contributed by atoms with Crippen molar-refractivity contribution in [3.8, 4) is 0 Å². The molecule has 1 atom stereocenters. The summed E-state index contributed by atoms with van der Waals surface area (Å²) in [7, 11) is -4.29. The minimum Gasteiger partial charge on any atom is -0.354 e. The minimum atomic E-state index is -4.29. The van der Waals surface area contributed by atoms with Crippen LogP contribution in [0.15, 0.2) is 89.8 Å². The average molecular weight is 540 g/mol. The summed E-state index contributed by atoms with van der Waals surface area (Å²) in [6, 6.07) is 21.7. The van der Waals surface area contributed by atoms with E-state index in [1.807, 2.05) is 37.3 Å². The highest BCUT2D eigenvalue weighted by Gasteiger charge is 2.34. The Bertz CT molecular complexity index is 1300. The monoisotopic (exact) mass is 539 g/mol. The zero-order valence-electron chi connectivity index (χ0n) is 21.7. The van der Waals surface area contributed by atoms with Gasteiger partial charge < -0.3 is 10.2 Å². The quantitative estimate of drug-likeness (QED) is 0.349. The highest BCUT2D eigenvalue weighted by molar-refractivity contribution is 7.92. The van der Waals surface area contributed by atoms with E-state index in [1.165, 1.54) is 35.2 Å². The van der Waals surface area contributed by atoms with Crippen molar-refractivity contribution < 1.29 is 22.4 Å². The summed E-state index contributed by atoms with van der Waals surface area (Å²) >= 11 is 0. The summed E-state index contributed by atoms with van der Waals surface area (Å²) in [6.45, 7) is 3.72. The highest BCUT2D eigenvalue weighted by Crippen LogP contribution is 2.26. The van der Waals surface area contributed by atoms with Gasteiger partial charge in [-0.15, -0.1) is 0 Å². The van der Waals surface area contributed by atoms with E-state index in [-0.39, 0.29) is 23.0 Å². The molecule has 3 aromatic carbocycles. The molecule has 0 aliphatic heterocycles. The van der Waals surface area contributed by atoms with E-state index in [4.69, 9.17) is 0 Å². The van der Waals surface area contributed by atoms with E-state index in [9.17, 15) is 22.4 Å². The number of para-hydroxylation sites is 1. The molecule has 1 N–H and O–H groups in total. The normalized spacial score (nSPS) is 12.0. The number of hydrogen-bond donors (Lipinski definition) is 1. The molecule has 0 aromatic heterocycles. The average Bonchev–Trinajstić information content (AvgIpc) is 2.94. The van der Waals surface area contributed by atoms with Gasteiger partial charge in [0.1, 0.15) is 18.4 Å². The number of nitrogens with one attached hydrogen (secondary N) is 1. The van der Waals surface area contributed by atoms with E-state index in [0.29, 0.717) is 19.4 Å². The van der Waals surface area contributed by atoms with Crippen LogP contribution in [0.25, 0.3) is 0 Å². The molecule has 0 bridgehead atoms. The molecule has 0 spiro atoms. The lowest BCUT2D eigenvalue weighted by atomic mass is 10.1. The number of amides is 2. The zero-order valence-corrected chi connectivity index (χ0v) is 22.5. The largest absolute Gasteiger partial charge is 0.354 e. The Morgan fingerprint density at radius 1 is 0.895 bits per heavy atom. The third-order valence-corrected chi connectivity index (χ3v) is 7.92. The summed E-state index contributed by atoms with van der Waals surface area (Å²) < 4.78 is 43.0. The fourth-order valence-corrected chi connectivity index (χ4v) is 5.59. The van der Waals surface area contributed by atoms with Gasteiger partial charge >= 0.3 is 0 Å². The van der Waals surface area contributed by atoms with Crippen LogP contribution < -0.4 is 9.62 Å². The van der Waals surface area contributed by atoms with Gasteiger partial charge in [0.05, 0.1) is 10.6 Å². The van der Waals surface area contributed by atoms with Crippen molar-refractivity contribution in [2.75, 3.05) is 23.9 Å². The van der Waals surface area contributed by atoms with E-state index < -0.39 is 34.3 Å². The second-order valence-corrected chi connectivity index (χ2v) is 10.7. The summed E-state index contributed by atoms with van der Waals surface area (Å²) in [5.74, 6) is -1.68. The van der Waals surface area contributed by atoms with Crippen molar-refractivity contribution in [1.82, 2.24) is 10.2 Å². The number of sulfonamides is 1. The van der Waals surface area contributed by atoms with Gasteiger partial charge in [-0.2, -0.15) is 0 Å². The maximum atomic E-state index is 14.9. The van der Waals surface area contributed by atoms with Crippen molar-refractivity contribution in [3.63, 3.8) is 0 Å². The first-order valence-electron chi connectivity index (χ1n) is 12.7. The third kappa shape index (κ3) is 7.19. The van der Waals surface area contributed by atoms with E-state index in [0.717, 1.165) is 22.4 Å².